The molecular formula is C45H104O2. The molecule has 6 fully saturated rings. The van der Waals surface area contributed by atoms with E-state index in [4.69, 9.17) is 9.47 Å². The Morgan fingerprint density at radius 3 is 0.596 bits per heavy atom. The number of rotatable bonds is 0. The van der Waals surface area contributed by atoms with E-state index in [0.717, 1.165) is 49.4 Å². The molecule has 0 unspecified atom stereocenters. The molecule has 0 aromatic rings. The molecule has 2 aliphatic heterocycles. The summed E-state index contributed by atoms with van der Waals surface area (Å²) in [6.45, 7) is 40.6. The summed E-state index contributed by atoms with van der Waals surface area (Å²) in [7, 11) is 0. The van der Waals surface area contributed by atoms with Gasteiger partial charge in [0, 0.05) is 19.8 Å². The quantitative estimate of drug-likeness (QED) is 0.254. The smallest absolute Gasteiger partial charge is 0.0568 e. The van der Waals surface area contributed by atoms with E-state index in [0.29, 0.717) is 6.10 Å². The molecule has 4 saturated carbocycles. The van der Waals surface area contributed by atoms with Crippen LogP contribution in [0.15, 0.2) is 0 Å². The molecule has 2 heterocycles. The summed E-state index contributed by atoms with van der Waals surface area (Å²) in [4.78, 5) is 0. The Labute approximate surface area is 305 Å². The van der Waals surface area contributed by atoms with Gasteiger partial charge in [0.2, 0.25) is 0 Å². The van der Waals surface area contributed by atoms with Gasteiger partial charge < -0.3 is 9.47 Å². The van der Waals surface area contributed by atoms with E-state index in [9.17, 15) is 0 Å². The van der Waals surface area contributed by atoms with Crippen LogP contribution in [-0.4, -0.2) is 25.9 Å². The van der Waals surface area contributed by atoms with Gasteiger partial charge in [-0.2, -0.15) is 0 Å². The minimum Gasteiger partial charge on any atom is -0.381 e. The standard InChI is InChI=1S/3C6H12.C5H10O.C5H10.C4H8O.6C2H6.CH4/c3*1-6-4-2-3-5-6;1-5-2-3-6-4-5;1-5-3-2-4-5;1-4-2-3-5-4;6*1-2;/h3*6H,2-5H2,1H3;5H,2-4H2,1H3;5H,2-4H2,1H3;4H,2-3H2,1H3;6*1-2H3;1H4/t;;;5-;;4-;;;;;;;/m...0.0......./s1. The Morgan fingerprint density at radius 2 is 0.553 bits per heavy atom. The van der Waals surface area contributed by atoms with Crippen LogP contribution in [0.25, 0.3) is 0 Å². The minimum atomic E-state index is 0. The van der Waals surface area contributed by atoms with Gasteiger partial charge in [-0.25, -0.2) is 0 Å². The van der Waals surface area contributed by atoms with Gasteiger partial charge in [-0.15, -0.1) is 0 Å². The van der Waals surface area contributed by atoms with Crippen molar-refractivity contribution in [1.29, 1.82) is 0 Å². The highest BCUT2D eigenvalue weighted by molar-refractivity contribution is 4.63. The molecule has 6 aliphatic rings. The van der Waals surface area contributed by atoms with Gasteiger partial charge in [0.25, 0.3) is 0 Å². The lowest BCUT2D eigenvalue weighted by atomic mass is 9.88. The van der Waals surface area contributed by atoms with Crippen LogP contribution in [0, 0.1) is 29.6 Å². The fourth-order valence-electron chi connectivity index (χ4n) is 5.01. The Bertz CT molecular complexity index is 338. The third-order valence-corrected chi connectivity index (χ3v) is 8.41. The van der Waals surface area contributed by atoms with Gasteiger partial charge in [-0.1, -0.05) is 221 Å². The maximum atomic E-state index is 5.06. The van der Waals surface area contributed by atoms with Crippen LogP contribution in [-0.2, 0) is 9.47 Å². The molecule has 2 heteroatoms. The van der Waals surface area contributed by atoms with Crippen molar-refractivity contribution in [3.05, 3.63) is 0 Å². The summed E-state index contributed by atoms with van der Waals surface area (Å²) < 4.78 is 9.99. The molecule has 0 spiro atoms. The summed E-state index contributed by atoms with van der Waals surface area (Å²) in [5.74, 6) is 5.03. The Balaban J connectivity index is -0.0000000765. The van der Waals surface area contributed by atoms with Crippen LogP contribution in [0.1, 0.15) is 241 Å². The number of hydrogen-bond donors (Lipinski definition) is 0. The van der Waals surface area contributed by atoms with E-state index in [1.54, 1.807) is 0 Å². The highest BCUT2D eigenvalue weighted by Crippen LogP contribution is 2.25. The first-order valence-electron chi connectivity index (χ1n) is 21.6. The third-order valence-electron chi connectivity index (χ3n) is 8.41. The predicted molar refractivity (Wildman–Crippen MR) is 225 cm³/mol. The van der Waals surface area contributed by atoms with Crippen molar-refractivity contribution >= 4 is 0 Å². The fourth-order valence-corrected chi connectivity index (χ4v) is 5.01. The van der Waals surface area contributed by atoms with Crippen LogP contribution >= 0.6 is 0 Å². The van der Waals surface area contributed by atoms with Gasteiger partial charge in [0.15, 0.2) is 0 Å². The second-order valence-electron chi connectivity index (χ2n) is 12.6. The predicted octanol–water partition coefficient (Wildman–Crippen LogP) is 17.0. The maximum Gasteiger partial charge on any atom is 0.0568 e. The van der Waals surface area contributed by atoms with E-state index in [-0.39, 0.29) is 7.43 Å². The summed E-state index contributed by atoms with van der Waals surface area (Å²) >= 11 is 0. The van der Waals surface area contributed by atoms with Crippen molar-refractivity contribution in [2.45, 2.75) is 247 Å². The SMILES string of the molecule is C.CC.CC.CC.CC.CC.CC.CC1CCC1.CC1CCCC1.CC1CCCC1.CC1CCCC1.C[C@H]1CCO1.C[C@H]1CCOC1. The summed E-state index contributed by atoms with van der Waals surface area (Å²) in [6.07, 6.45) is 25.4. The molecule has 0 amide bonds. The van der Waals surface area contributed by atoms with Crippen LogP contribution in [0.5, 0.6) is 0 Å². The van der Waals surface area contributed by atoms with E-state index < -0.39 is 0 Å². The Morgan fingerprint density at radius 1 is 0.319 bits per heavy atom. The van der Waals surface area contributed by atoms with E-state index in [1.807, 2.05) is 83.1 Å². The van der Waals surface area contributed by atoms with Crippen molar-refractivity contribution < 1.29 is 9.47 Å². The monoisotopic (exact) mass is 677 g/mol. The van der Waals surface area contributed by atoms with Crippen molar-refractivity contribution in [2.24, 2.45) is 29.6 Å². The number of hydrogen-bond acceptors (Lipinski definition) is 2. The molecule has 0 aromatic heterocycles. The van der Waals surface area contributed by atoms with Crippen LogP contribution < -0.4 is 0 Å². The Kier molecular flexibility index (Phi) is 76.8. The average molecular weight is 677 g/mol. The molecular weight excluding hydrogens is 572 g/mol. The second-order valence-corrected chi connectivity index (χ2v) is 12.6. The lowest BCUT2D eigenvalue weighted by Gasteiger charge is -2.20. The van der Waals surface area contributed by atoms with Gasteiger partial charge in [0.05, 0.1) is 6.10 Å². The first kappa shape index (κ1) is 62.1. The van der Waals surface area contributed by atoms with Gasteiger partial charge in [-0.05, 0) is 49.4 Å². The highest BCUT2D eigenvalue weighted by atomic mass is 16.5. The first-order valence-corrected chi connectivity index (χ1v) is 21.6. The third kappa shape index (κ3) is 55.6. The molecule has 0 aromatic carbocycles. The van der Waals surface area contributed by atoms with Crippen molar-refractivity contribution in [1.82, 2.24) is 0 Å². The highest BCUT2D eigenvalue weighted by Gasteiger charge is 2.10. The summed E-state index contributed by atoms with van der Waals surface area (Å²) in [6, 6.07) is 0. The molecule has 0 radical (unpaired) electrons. The molecule has 0 N–H and O–H groups in total. The van der Waals surface area contributed by atoms with Crippen molar-refractivity contribution in [3.63, 3.8) is 0 Å². The Hall–Kier alpha value is -0.0800. The molecule has 6 rings (SSSR count). The van der Waals surface area contributed by atoms with Crippen LogP contribution in [0.3, 0.4) is 0 Å². The molecule has 296 valence electrons. The molecule has 2 atom stereocenters. The fraction of sp³-hybridized carbons (Fsp3) is 1.00. The molecule has 4 aliphatic carbocycles. The minimum absolute atomic E-state index is 0. The van der Waals surface area contributed by atoms with E-state index in [2.05, 4.69) is 41.5 Å². The van der Waals surface area contributed by atoms with Gasteiger partial charge in [0.1, 0.15) is 0 Å². The van der Waals surface area contributed by atoms with Crippen LogP contribution in [0.2, 0.25) is 0 Å². The molecule has 2 nitrogen and oxygen atoms in total. The zero-order valence-electron chi connectivity index (χ0n) is 36.4. The zero-order valence-corrected chi connectivity index (χ0v) is 36.4. The van der Waals surface area contributed by atoms with Crippen molar-refractivity contribution in [3.8, 4) is 0 Å². The molecule has 0 bridgehead atoms. The van der Waals surface area contributed by atoms with Gasteiger partial charge >= 0.3 is 0 Å². The lowest BCUT2D eigenvalue weighted by Crippen LogP contribution is -2.22. The van der Waals surface area contributed by atoms with Gasteiger partial charge in [-0.3, -0.25) is 0 Å². The normalized spacial score (nSPS) is 21.6. The first-order chi connectivity index (χ1) is 22.4. The summed E-state index contributed by atoms with van der Waals surface area (Å²) in [5.41, 5.74) is 0. The molecule has 47 heavy (non-hydrogen) atoms. The topological polar surface area (TPSA) is 18.5 Å². The largest absolute Gasteiger partial charge is 0.381 e. The van der Waals surface area contributed by atoms with E-state index in [1.165, 1.54) is 109 Å². The van der Waals surface area contributed by atoms with E-state index >= 15 is 0 Å². The summed E-state index contributed by atoms with van der Waals surface area (Å²) in [5, 5.41) is 0. The zero-order chi connectivity index (χ0) is 37.0. The lowest BCUT2D eigenvalue weighted by molar-refractivity contribution is -0.0375. The maximum absolute atomic E-state index is 5.06. The molecule has 2 saturated heterocycles. The van der Waals surface area contributed by atoms with Crippen LogP contribution in [0.4, 0.5) is 0 Å². The average Bonchev–Trinajstić information content (AvgIpc) is 3.95. The number of ether oxygens (including phenoxy) is 2. The second kappa shape index (κ2) is 58.1. The van der Waals surface area contributed by atoms with Crippen molar-refractivity contribution in [2.75, 3.05) is 19.8 Å².